The molecule has 6 atom stereocenters. The van der Waals surface area contributed by atoms with Crippen molar-refractivity contribution in [1.29, 1.82) is 0 Å². The van der Waals surface area contributed by atoms with Gasteiger partial charge in [-0.3, -0.25) is 15.0 Å². The summed E-state index contributed by atoms with van der Waals surface area (Å²) in [4.78, 5) is 47.1. The van der Waals surface area contributed by atoms with Crippen molar-refractivity contribution in [2.24, 2.45) is 22.9 Å². The molecule has 6 unspecified atom stereocenters. The summed E-state index contributed by atoms with van der Waals surface area (Å²) in [7, 11) is 0. The van der Waals surface area contributed by atoms with Crippen molar-refractivity contribution in [3.8, 4) is 23.0 Å². The second-order valence-electron chi connectivity index (χ2n) is 20.1. The Morgan fingerprint density at radius 1 is 0.895 bits per heavy atom. The number of non-ortho nitro benzene ring substituents is 1. The molecule has 0 saturated heterocycles. The first kappa shape index (κ1) is 57.8. The Bertz CT molecular complexity index is 2440. The van der Waals surface area contributed by atoms with Crippen LogP contribution in [-0.4, -0.2) is 95.4 Å². The molecule has 414 valence electrons. The summed E-state index contributed by atoms with van der Waals surface area (Å²) in [6.07, 6.45) is 18.5. The molecule has 17 nitrogen and oxygen atoms in total. The number of nitrogens with zero attached hydrogens (tertiary/aromatic N) is 3. The van der Waals surface area contributed by atoms with Crippen LogP contribution in [-0.2, 0) is 27.5 Å². The number of nitro groups is 1. The Labute approximate surface area is 452 Å². The predicted octanol–water partition coefficient (Wildman–Crippen LogP) is 12.0. The minimum absolute atomic E-state index is 0.00986. The third kappa shape index (κ3) is 15.0. The summed E-state index contributed by atoms with van der Waals surface area (Å²) >= 11 is 6.15. The molecule has 2 heterocycles. The van der Waals surface area contributed by atoms with Gasteiger partial charge < -0.3 is 48.8 Å². The average molecular weight is 1070 g/mol. The molecule has 3 aromatic carbocycles. The third-order valence-electron chi connectivity index (χ3n) is 14.9. The van der Waals surface area contributed by atoms with Gasteiger partial charge in [0.15, 0.2) is 11.5 Å². The van der Waals surface area contributed by atoms with Gasteiger partial charge in [-0.1, -0.05) is 101 Å². The zero-order valence-electron chi connectivity index (χ0n) is 44.0. The molecule has 2 aliphatic carbocycles. The largest absolute Gasteiger partial charge is 0.459 e. The lowest BCUT2D eigenvalue weighted by atomic mass is 9.55. The number of amides is 2. The molecule has 0 bridgehead atoms. The van der Waals surface area contributed by atoms with E-state index in [1.807, 2.05) is 18.2 Å². The van der Waals surface area contributed by atoms with E-state index in [1.165, 1.54) is 57.1 Å². The van der Waals surface area contributed by atoms with Crippen molar-refractivity contribution < 1.29 is 58.0 Å². The molecule has 4 aliphatic rings. The van der Waals surface area contributed by atoms with Crippen LogP contribution in [0.4, 0.5) is 15.3 Å². The molecule has 7 rings (SSSR count). The Hall–Kier alpha value is -5.88. The van der Waals surface area contributed by atoms with Crippen LogP contribution in [0, 0.1) is 27.9 Å². The monoisotopic (exact) mass is 1070 g/mol. The normalized spacial score (nSPS) is 21.4. The van der Waals surface area contributed by atoms with Crippen LogP contribution < -0.4 is 24.3 Å². The zero-order chi connectivity index (χ0) is 53.7. The van der Waals surface area contributed by atoms with Crippen LogP contribution >= 0.6 is 11.6 Å². The number of hydrogen-bond acceptors (Lipinski definition) is 14. The number of oxime groups is 1. The van der Waals surface area contributed by atoms with Gasteiger partial charge in [-0.25, -0.2) is 9.59 Å². The summed E-state index contributed by atoms with van der Waals surface area (Å²) in [6.45, 7) is 6.79. The number of nitrogens with one attached hydrogen (secondary N) is 1. The zero-order valence-corrected chi connectivity index (χ0v) is 44.8. The van der Waals surface area contributed by atoms with Crippen LogP contribution in [0.25, 0.3) is 0 Å². The van der Waals surface area contributed by atoms with Gasteiger partial charge in [0.1, 0.15) is 30.8 Å². The number of alkyl halides is 1. The van der Waals surface area contributed by atoms with Gasteiger partial charge in [-0.05, 0) is 103 Å². The van der Waals surface area contributed by atoms with Gasteiger partial charge in [-0.15, -0.1) is 18.2 Å². The van der Waals surface area contributed by atoms with Gasteiger partial charge in [0.2, 0.25) is 12.6 Å². The maximum Gasteiger partial charge on any atom is 0.412 e. The number of allylic oxidation sites excluding steroid dienone is 1. The number of carbonyl (C=O) groups excluding carboxylic acids is 2. The van der Waals surface area contributed by atoms with Crippen molar-refractivity contribution in [2.45, 2.75) is 147 Å². The highest BCUT2D eigenvalue weighted by molar-refractivity contribution is 6.18. The smallest absolute Gasteiger partial charge is 0.412 e. The number of ether oxygens (including phenoxy) is 6. The number of hydrogen-bond donors (Lipinski definition) is 3. The molecule has 0 aromatic heterocycles. The first-order valence-corrected chi connectivity index (χ1v) is 27.9. The lowest BCUT2D eigenvalue weighted by Crippen LogP contribution is -2.70. The van der Waals surface area contributed by atoms with Crippen LogP contribution in [0.1, 0.15) is 139 Å². The molecular formula is C58H77ClN4O13. The van der Waals surface area contributed by atoms with E-state index in [4.69, 9.17) is 50.0 Å². The molecule has 3 N–H and O–H groups in total. The number of fused-ring (bicyclic) bond motifs is 3. The van der Waals surface area contributed by atoms with Crippen LogP contribution in [0.3, 0.4) is 0 Å². The maximum atomic E-state index is 14.8. The van der Waals surface area contributed by atoms with E-state index in [-0.39, 0.29) is 76.2 Å². The number of aliphatic hydroxyl groups excluding tert-OH is 2. The van der Waals surface area contributed by atoms with Gasteiger partial charge in [0, 0.05) is 56.3 Å². The fraction of sp³-hybridized carbons (Fsp3) is 0.569. The number of unbranched alkanes of at least 4 members (excludes halogenated alkanes) is 11. The van der Waals surface area contributed by atoms with Gasteiger partial charge >= 0.3 is 12.2 Å². The molecule has 2 aliphatic heterocycles. The summed E-state index contributed by atoms with van der Waals surface area (Å²) in [5.74, 6) is -0.975. The van der Waals surface area contributed by atoms with Crippen molar-refractivity contribution in [3.63, 3.8) is 0 Å². The molecule has 76 heavy (non-hydrogen) atoms. The first-order chi connectivity index (χ1) is 37.1. The van der Waals surface area contributed by atoms with Crippen molar-refractivity contribution >= 4 is 35.2 Å². The second kappa shape index (κ2) is 29.6. The van der Waals surface area contributed by atoms with Crippen molar-refractivity contribution in [3.05, 3.63) is 112 Å². The highest BCUT2D eigenvalue weighted by atomic mass is 35.5. The first-order valence-electron chi connectivity index (χ1n) is 27.4. The molecule has 3 aromatic rings. The summed E-state index contributed by atoms with van der Waals surface area (Å²) in [5.41, 5.74) is 3.37. The van der Waals surface area contributed by atoms with Gasteiger partial charge in [0.05, 0.1) is 29.0 Å². The van der Waals surface area contributed by atoms with E-state index in [0.29, 0.717) is 78.5 Å². The number of halogens is 1. The second-order valence-corrected chi connectivity index (χ2v) is 20.5. The van der Waals surface area contributed by atoms with E-state index in [9.17, 15) is 29.9 Å². The third-order valence-corrected chi connectivity index (χ3v) is 15.1. The van der Waals surface area contributed by atoms with Crippen LogP contribution in [0.5, 0.6) is 23.0 Å². The van der Waals surface area contributed by atoms with Crippen molar-refractivity contribution in [1.82, 2.24) is 10.2 Å². The Morgan fingerprint density at radius 2 is 1.59 bits per heavy atom. The summed E-state index contributed by atoms with van der Waals surface area (Å²) in [5, 5.41) is 39.4. The molecule has 1 fully saturated rings. The topological polar surface area (TPSA) is 210 Å². The lowest BCUT2D eigenvalue weighted by molar-refractivity contribution is -0.384. The fourth-order valence-corrected chi connectivity index (χ4v) is 11.4. The number of benzene rings is 3. The number of rotatable bonds is 32. The average Bonchev–Trinajstić information content (AvgIpc) is 3.97. The SMILES string of the molecule is C=CCOC12Oc3ccc(OC(=O)NCCCCCCCCCCCC)cc3C3C(CCCCO)C(CCCCO)C=C(C(=NOCc4ccc([N+](=O)[O-])cc4)CC1N(Cc1ccc4c(c1)OCO4)C(=O)OCCCl)C32. The number of aliphatic hydroxyl groups is 2. The number of carbonyl (C=O) groups is 2. The number of nitro benzene ring substituents is 1. The summed E-state index contributed by atoms with van der Waals surface area (Å²) < 4.78 is 37.8. The minimum Gasteiger partial charge on any atom is -0.459 e. The van der Waals surface area contributed by atoms with E-state index >= 15 is 0 Å². The van der Waals surface area contributed by atoms with Gasteiger partial charge in [0.25, 0.3) is 5.69 Å². The highest BCUT2D eigenvalue weighted by Crippen LogP contribution is 2.62. The van der Waals surface area contributed by atoms with Crippen LogP contribution in [0.2, 0.25) is 0 Å². The predicted molar refractivity (Wildman–Crippen MR) is 289 cm³/mol. The molecular weight excluding hydrogens is 996 g/mol. The van der Waals surface area contributed by atoms with Gasteiger partial charge in [-0.2, -0.15) is 0 Å². The van der Waals surface area contributed by atoms with Crippen molar-refractivity contribution in [2.75, 3.05) is 45.6 Å². The Morgan fingerprint density at radius 3 is 2.30 bits per heavy atom. The minimum atomic E-state index is -1.63. The van der Waals surface area contributed by atoms with E-state index < -0.39 is 40.8 Å². The van der Waals surface area contributed by atoms with E-state index in [0.717, 1.165) is 36.8 Å². The van der Waals surface area contributed by atoms with E-state index in [2.05, 4.69) is 24.9 Å². The standard InChI is InChI=1S/C58H77ClN4O13/c1-3-5-6-7-8-9-10-11-12-15-29-60-56(66)75-45-25-27-50-48(36-45)54-46(19-14-17-31-65)43(18-13-16-30-64)35-47-49(61-74-39-41-20-23-44(24-21-41)63(68)69)37-53(58(76-50,55(47)54)73-32-4-2)62(57(67)70-33-28-59)38-42-22-26-51-52(34-42)72-40-71-51/h4,20-27,34-36,43,46,53-55,64-65H,2-3,5-19,28-33,37-40H2,1H3,(H,60,66). The lowest BCUT2D eigenvalue weighted by Gasteiger charge is -2.59. The molecule has 0 spiro atoms. The fourth-order valence-electron chi connectivity index (χ4n) is 11.3. The van der Waals surface area contributed by atoms with E-state index in [1.54, 1.807) is 41.3 Å². The Kier molecular flexibility index (Phi) is 22.5. The Balaban J connectivity index is 1.30. The maximum absolute atomic E-state index is 14.8. The highest BCUT2D eigenvalue weighted by Gasteiger charge is 2.66. The van der Waals surface area contributed by atoms with Crippen LogP contribution in [0.15, 0.2) is 90.1 Å². The summed E-state index contributed by atoms with van der Waals surface area (Å²) in [6, 6.07) is 15.9. The molecule has 18 heteroatoms. The quantitative estimate of drug-likeness (QED) is 0.0175. The molecule has 0 radical (unpaired) electrons. The molecule has 2 amide bonds. The molecule has 1 saturated carbocycles.